The summed E-state index contributed by atoms with van der Waals surface area (Å²) in [5.41, 5.74) is 9.78. The minimum absolute atomic E-state index is 0.431. The van der Waals surface area contributed by atoms with Crippen molar-refractivity contribution in [2.75, 3.05) is 5.73 Å². The molecule has 3 nitrogen and oxygen atoms in total. The van der Waals surface area contributed by atoms with E-state index in [1.807, 2.05) is 6.92 Å². The number of rotatable bonds is 0. The van der Waals surface area contributed by atoms with Crippen molar-refractivity contribution in [3.05, 3.63) is 17.0 Å². The van der Waals surface area contributed by atoms with Gasteiger partial charge in [0, 0.05) is 5.69 Å². The predicted molar refractivity (Wildman–Crippen MR) is 54.9 cm³/mol. The minimum Gasteiger partial charge on any atom is -0.368 e. The Morgan fingerprint density at radius 3 is 2.79 bits per heavy atom. The fraction of sp³-hybridized carbons (Fsp3) is 0.636. The maximum absolute atomic E-state index is 5.64. The molecule has 3 rings (SSSR count). The van der Waals surface area contributed by atoms with E-state index in [0.29, 0.717) is 17.3 Å². The van der Waals surface area contributed by atoms with Gasteiger partial charge in [0.25, 0.3) is 0 Å². The van der Waals surface area contributed by atoms with Crippen molar-refractivity contribution in [2.24, 2.45) is 11.3 Å². The van der Waals surface area contributed by atoms with Crippen LogP contribution in [0.2, 0.25) is 0 Å². The lowest BCUT2D eigenvalue weighted by atomic mass is 9.97. The molecule has 74 valence electrons. The lowest BCUT2D eigenvalue weighted by Crippen LogP contribution is -2.08. The second kappa shape index (κ2) is 2.10. The fourth-order valence-electron chi connectivity index (χ4n) is 3.13. The largest absolute Gasteiger partial charge is 0.368 e. The van der Waals surface area contributed by atoms with Crippen LogP contribution in [0.25, 0.3) is 0 Å². The number of anilines is 1. The van der Waals surface area contributed by atoms with Gasteiger partial charge < -0.3 is 5.73 Å². The highest BCUT2D eigenvalue weighted by molar-refractivity contribution is 5.46. The standard InChI is InChI=1S/C11H15N3/c1-5-8-7(14-10(12)13-5)4-6-9(8)11(6,2)3/h6,9H,4H2,1-3H3,(H2,12,13,14)/t6-,9+/m0/s1. The molecule has 3 heteroatoms. The maximum Gasteiger partial charge on any atom is 0.220 e. The third-order valence-corrected chi connectivity index (χ3v) is 4.01. The predicted octanol–water partition coefficient (Wildman–Crippen LogP) is 1.66. The Kier molecular flexibility index (Phi) is 1.23. The summed E-state index contributed by atoms with van der Waals surface area (Å²) in [5.74, 6) is 1.91. The number of hydrogen-bond donors (Lipinski definition) is 1. The number of nitrogens with two attached hydrogens (primary N) is 1. The Morgan fingerprint density at radius 2 is 2.07 bits per heavy atom. The summed E-state index contributed by atoms with van der Waals surface area (Å²) in [5, 5.41) is 0. The van der Waals surface area contributed by atoms with Crippen LogP contribution in [0.3, 0.4) is 0 Å². The summed E-state index contributed by atoms with van der Waals surface area (Å²) in [6, 6.07) is 0. The Bertz CT molecular complexity index is 423. The van der Waals surface area contributed by atoms with E-state index < -0.39 is 0 Å². The molecule has 1 heterocycles. The van der Waals surface area contributed by atoms with E-state index in [1.54, 1.807) is 0 Å². The average Bonchev–Trinajstić information content (AvgIpc) is 2.48. The van der Waals surface area contributed by atoms with Crippen LogP contribution in [0.4, 0.5) is 5.95 Å². The Labute approximate surface area is 83.8 Å². The highest BCUT2D eigenvalue weighted by Crippen LogP contribution is 2.70. The van der Waals surface area contributed by atoms with Gasteiger partial charge >= 0.3 is 0 Å². The number of nitrogen functional groups attached to an aromatic ring is 1. The maximum atomic E-state index is 5.64. The highest BCUT2D eigenvalue weighted by Gasteiger charge is 2.63. The lowest BCUT2D eigenvalue weighted by molar-refractivity contribution is 0.534. The number of aromatic nitrogens is 2. The molecule has 0 spiro atoms. The van der Waals surface area contributed by atoms with E-state index in [4.69, 9.17) is 5.73 Å². The molecule has 1 aromatic heterocycles. The second-order valence-corrected chi connectivity index (χ2v) is 5.14. The molecule has 0 bridgehead atoms. The van der Waals surface area contributed by atoms with Gasteiger partial charge in [-0.2, -0.15) is 0 Å². The van der Waals surface area contributed by atoms with Crippen molar-refractivity contribution >= 4 is 5.95 Å². The van der Waals surface area contributed by atoms with Crippen LogP contribution >= 0.6 is 0 Å². The van der Waals surface area contributed by atoms with Crippen molar-refractivity contribution in [3.8, 4) is 0 Å². The molecule has 1 aromatic rings. The molecule has 1 fully saturated rings. The summed E-state index contributed by atoms with van der Waals surface area (Å²) >= 11 is 0. The normalized spacial score (nSPS) is 31.1. The molecule has 14 heavy (non-hydrogen) atoms. The van der Waals surface area contributed by atoms with Crippen LogP contribution in [0.5, 0.6) is 0 Å². The van der Waals surface area contributed by atoms with Crippen LogP contribution < -0.4 is 5.73 Å². The molecule has 0 aliphatic heterocycles. The smallest absolute Gasteiger partial charge is 0.220 e. The molecular formula is C11H15N3. The molecule has 2 atom stereocenters. The second-order valence-electron chi connectivity index (χ2n) is 5.14. The van der Waals surface area contributed by atoms with Crippen LogP contribution in [-0.2, 0) is 6.42 Å². The Hall–Kier alpha value is -1.12. The SMILES string of the molecule is Cc1nc(N)nc2c1[C@H]1[C@H](C2)C1(C)C. The van der Waals surface area contributed by atoms with Gasteiger partial charge in [-0.05, 0) is 36.2 Å². The number of nitrogens with zero attached hydrogens (tertiary/aromatic N) is 2. The van der Waals surface area contributed by atoms with Gasteiger partial charge in [0.05, 0.1) is 5.69 Å². The molecule has 0 saturated heterocycles. The van der Waals surface area contributed by atoms with Crippen molar-refractivity contribution in [1.29, 1.82) is 0 Å². The van der Waals surface area contributed by atoms with Gasteiger partial charge in [-0.25, -0.2) is 9.97 Å². The van der Waals surface area contributed by atoms with E-state index in [0.717, 1.165) is 18.0 Å². The minimum atomic E-state index is 0.431. The van der Waals surface area contributed by atoms with E-state index >= 15 is 0 Å². The van der Waals surface area contributed by atoms with Gasteiger partial charge in [-0.15, -0.1) is 0 Å². The third-order valence-electron chi connectivity index (χ3n) is 4.01. The van der Waals surface area contributed by atoms with Gasteiger partial charge in [-0.3, -0.25) is 0 Å². The summed E-state index contributed by atoms with van der Waals surface area (Å²) in [7, 11) is 0. The molecule has 0 radical (unpaired) electrons. The fourth-order valence-corrected chi connectivity index (χ4v) is 3.13. The molecule has 2 N–H and O–H groups in total. The number of fused-ring (bicyclic) bond motifs is 3. The van der Waals surface area contributed by atoms with E-state index in [9.17, 15) is 0 Å². The first-order valence-electron chi connectivity index (χ1n) is 5.14. The van der Waals surface area contributed by atoms with Crippen LogP contribution in [0.15, 0.2) is 0 Å². The molecule has 1 saturated carbocycles. The summed E-state index contributed by atoms with van der Waals surface area (Å²) in [6.07, 6.45) is 1.10. The van der Waals surface area contributed by atoms with Gasteiger partial charge in [0.2, 0.25) is 5.95 Å². The summed E-state index contributed by atoms with van der Waals surface area (Å²) < 4.78 is 0. The Morgan fingerprint density at radius 1 is 1.36 bits per heavy atom. The van der Waals surface area contributed by atoms with Crippen molar-refractivity contribution < 1.29 is 0 Å². The van der Waals surface area contributed by atoms with Crippen LogP contribution in [-0.4, -0.2) is 9.97 Å². The lowest BCUT2D eigenvalue weighted by Gasteiger charge is -2.12. The molecule has 0 aromatic carbocycles. The van der Waals surface area contributed by atoms with Crippen molar-refractivity contribution in [2.45, 2.75) is 33.1 Å². The molecule has 0 unspecified atom stereocenters. The zero-order chi connectivity index (χ0) is 10.1. The summed E-state index contributed by atoms with van der Waals surface area (Å²) in [6.45, 7) is 6.72. The molecule has 2 aliphatic rings. The topological polar surface area (TPSA) is 51.8 Å². The summed E-state index contributed by atoms with van der Waals surface area (Å²) in [4.78, 5) is 8.58. The van der Waals surface area contributed by atoms with Crippen molar-refractivity contribution in [1.82, 2.24) is 9.97 Å². The average molecular weight is 189 g/mol. The van der Waals surface area contributed by atoms with Crippen LogP contribution in [0.1, 0.15) is 36.7 Å². The third kappa shape index (κ3) is 0.781. The van der Waals surface area contributed by atoms with E-state index in [-0.39, 0.29) is 0 Å². The first-order chi connectivity index (χ1) is 6.51. The highest BCUT2D eigenvalue weighted by atomic mass is 15.0. The zero-order valence-corrected chi connectivity index (χ0v) is 8.83. The van der Waals surface area contributed by atoms with Crippen molar-refractivity contribution in [3.63, 3.8) is 0 Å². The van der Waals surface area contributed by atoms with Gasteiger partial charge in [0.1, 0.15) is 0 Å². The van der Waals surface area contributed by atoms with Gasteiger partial charge in [-0.1, -0.05) is 13.8 Å². The molecule has 2 aliphatic carbocycles. The van der Waals surface area contributed by atoms with E-state index in [1.165, 1.54) is 11.3 Å². The first-order valence-corrected chi connectivity index (χ1v) is 5.14. The monoisotopic (exact) mass is 189 g/mol. The number of hydrogen-bond acceptors (Lipinski definition) is 3. The zero-order valence-electron chi connectivity index (χ0n) is 8.83. The first kappa shape index (κ1) is 8.21. The molecule has 0 amide bonds. The van der Waals surface area contributed by atoms with Gasteiger partial charge in [0.15, 0.2) is 0 Å². The van der Waals surface area contributed by atoms with Crippen LogP contribution in [0, 0.1) is 18.3 Å². The van der Waals surface area contributed by atoms with E-state index in [2.05, 4.69) is 23.8 Å². The Balaban J connectivity index is 2.16. The molecular weight excluding hydrogens is 174 g/mol. The quantitative estimate of drug-likeness (QED) is 0.675. The number of aryl methyl sites for hydroxylation is 1.